The summed E-state index contributed by atoms with van der Waals surface area (Å²) in [5, 5.41) is 3.37. The van der Waals surface area contributed by atoms with Crippen molar-refractivity contribution in [1.29, 1.82) is 0 Å². The molecule has 1 aliphatic rings. The van der Waals surface area contributed by atoms with Crippen LogP contribution in [0, 0.1) is 5.82 Å². The van der Waals surface area contributed by atoms with Crippen molar-refractivity contribution in [3.63, 3.8) is 0 Å². The van der Waals surface area contributed by atoms with Crippen LogP contribution in [0.1, 0.15) is 24.4 Å². The molecular weight excluding hydrogens is 277 g/mol. The van der Waals surface area contributed by atoms with Gasteiger partial charge in [-0.1, -0.05) is 0 Å². The van der Waals surface area contributed by atoms with Crippen molar-refractivity contribution in [3.8, 4) is 0 Å². The van der Waals surface area contributed by atoms with E-state index < -0.39 is 10.8 Å². The van der Waals surface area contributed by atoms with Crippen LogP contribution in [0.5, 0.6) is 0 Å². The highest BCUT2D eigenvalue weighted by Crippen LogP contribution is 2.20. The third-order valence-electron chi connectivity index (χ3n) is 3.21. The Morgan fingerprint density at radius 3 is 2.55 bits per heavy atom. The topological polar surface area (TPSA) is 42.2 Å². The highest BCUT2D eigenvalue weighted by molar-refractivity contribution is 7.84. The lowest BCUT2D eigenvalue weighted by Gasteiger charge is -2.01. The smallest absolute Gasteiger partial charge is 0.123 e. The quantitative estimate of drug-likeness (QED) is 0.890. The van der Waals surface area contributed by atoms with E-state index in [2.05, 4.69) is 5.32 Å². The number of hydrogen-bond donors (Lipinski definition) is 1. The van der Waals surface area contributed by atoms with Crippen LogP contribution in [0.25, 0.3) is 0 Å². The van der Waals surface area contributed by atoms with E-state index in [4.69, 9.17) is 4.42 Å². The van der Waals surface area contributed by atoms with E-state index in [1.54, 1.807) is 12.1 Å². The average molecular weight is 293 g/mol. The lowest BCUT2D eigenvalue weighted by molar-refractivity contribution is 0.457. The number of hydrogen-bond acceptors (Lipinski definition) is 3. The lowest BCUT2D eigenvalue weighted by Crippen LogP contribution is -2.14. The summed E-state index contributed by atoms with van der Waals surface area (Å²) in [6.07, 6.45) is 2.48. The first-order chi connectivity index (χ1) is 9.70. The van der Waals surface area contributed by atoms with Gasteiger partial charge in [0.25, 0.3) is 0 Å². The highest BCUT2D eigenvalue weighted by Gasteiger charge is 2.20. The van der Waals surface area contributed by atoms with Crippen LogP contribution in [-0.2, 0) is 23.1 Å². The van der Waals surface area contributed by atoms with Crippen LogP contribution in [0.2, 0.25) is 0 Å². The largest absolute Gasteiger partial charge is 0.464 e. The maximum Gasteiger partial charge on any atom is 0.123 e. The molecule has 3 nitrogen and oxygen atoms in total. The van der Waals surface area contributed by atoms with Gasteiger partial charge >= 0.3 is 0 Å². The summed E-state index contributed by atoms with van der Waals surface area (Å²) in [6, 6.07) is 10.1. The first kappa shape index (κ1) is 13.5. The standard InChI is InChI=1S/C15H16FNO2S/c16-11-1-7-15(8-2-11)20(18)10-14-6-5-13(19-14)9-17-12-3-4-12/h1-2,5-8,12,17H,3-4,9-10H2. The molecule has 0 saturated heterocycles. The second-order valence-electron chi connectivity index (χ2n) is 4.97. The van der Waals surface area contributed by atoms with Gasteiger partial charge < -0.3 is 9.73 Å². The molecule has 0 aliphatic heterocycles. The molecule has 0 amide bonds. The molecule has 3 rings (SSSR count). The van der Waals surface area contributed by atoms with Crippen molar-refractivity contribution in [1.82, 2.24) is 5.32 Å². The minimum absolute atomic E-state index is 0.315. The maximum absolute atomic E-state index is 12.8. The molecule has 0 radical (unpaired) electrons. The fourth-order valence-electron chi connectivity index (χ4n) is 1.93. The zero-order valence-corrected chi connectivity index (χ0v) is 11.8. The molecule has 1 saturated carbocycles. The molecule has 0 spiro atoms. The molecule has 1 aromatic carbocycles. The maximum atomic E-state index is 12.8. The van der Waals surface area contributed by atoms with Gasteiger partial charge in [0, 0.05) is 10.9 Å². The van der Waals surface area contributed by atoms with Gasteiger partial charge in [-0.25, -0.2) is 4.39 Å². The molecule has 1 aliphatic carbocycles. The van der Waals surface area contributed by atoms with Gasteiger partial charge in [-0.2, -0.15) is 0 Å². The number of nitrogens with one attached hydrogen (secondary N) is 1. The first-order valence-corrected chi connectivity index (χ1v) is 7.97. The van der Waals surface area contributed by atoms with Crippen molar-refractivity contribution in [2.75, 3.05) is 0 Å². The number of rotatable bonds is 6. The van der Waals surface area contributed by atoms with Crippen LogP contribution < -0.4 is 5.32 Å². The molecule has 2 aromatic rings. The summed E-state index contributed by atoms with van der Waals surface area (Å²) < 4.78 is 30.6. The minimum atomic E-state index is -1.21. The van der Waals surface area contributed by atoms with E-state index in [1.807, 2.05) is 12.1 Å². The summed E-state index contributed by atoms with van der Waals surface area (Å²) in [4.78, 5) is 0.612. The summed E-state index contributed by atoms with van der Waals surface area (Å²) in [5.74, 6) is 1.55. The zero-order chi connectivity index (χ0) is 13.9. The van der Waals surface area contributed by atoms with E-state index in [1.165, 1.54) is 25.0 Å². The predicted molar refractivity (Wildman–Crippen MR) is 75.1 cm³/mol. The molecule has 1 N–H and O–H groups in total. The van der Waals surface area contributed by atoms with Crippen molar-refractivity contribution in [3.05, 3.63) is 53.7 Å². The van der Waals surface area contributed by atoms with Gasteiger partial charge in [-0.05, 0) is 49.2 Å². The second kappa shape index (κ2) is 5.89. The Hall–Kier alpha value is -1.46. The third-order valence-corrected chi connectivity index (χ3v) is 4.55. The van der Waals surface area contributed by atoms with Gasteiger partial charge in [0.15, 0.2) is 0 Å². The Balaban J connectivity index is 1.58. The molecule has 20 heavy (non-hydrogen) atoms. The van der Waals surface area contributed by atoms with Gasteiger partial charge in [0.1, 0.15) is 17.3 Å². The molecule has 106 valence electrons. The fraction of sp³-hybridized carbons (Fsp3) is 0.333. The summed E-state index contributed by atoms with van der Waals surface area (Å²) >= 11 is 0. The fourth-order valence-corrected chi connectivity index (χ4v) is 2.95. The molecule has 1 unspecified atom stereocenters. The van der Waals surface area contributed by atoms with Crippen LogP contribution in [0.15, 0.2) is 45.7 Å². The highest BCUT2D eigenvalue weighted by atomic mass is 32.2. The van der Waals surface area contributed by atoms with Crippen molar-refractivity contribution in [2.45, 2.75) is 36.1 Å². The zero-order valence-electron chi connectivity index (χ0n) is 11.0. The van der Waals surface area contributed by atoms with Gasteiger partial charge in [-0.15, -0.1) is 0 Å². The van der Waals surface area contributed by atoms with Crippen LogP contribution in [-0.4, -0.2) is 10.3 Å². The molecule has 1 atom stereocenters. The van der Waals surface area contributed by atoms with Gasteiger partial charge in [0.05, 0.1) is 23.1 Å². The van der Waals surface area contributed by atoms with E-state index in [0.29, 0.717) is 29.0 Å². The Kier molecular flexibility index (Phi) is 3.98. The van der Waals surface area contributed by atoms with Crippen LogP contribution in [0.3, 0.4) is 0 Å². The monoisotopic (exact) mass is 293 g/mol. The summed E-state index contributed by atoms with van der Waals surface area (Å²) in [5.41, 5.74) is 0. The van der Waals surface area contributed by atoms with Crippen molar-refractivity contribution in [2.24, 2.45) is 0 Å². The molecule has 5 heteroatoms. The molecule has 1 aromatic heterocycles. The van der Waals surface area contributed by atoms with Crippen molar-refractivity contribution < 1.29 is 13.0 Å². The Bertz CT molecular complexity index is 605. The second-order valence-corrected chi connectivity index (χ2v) is 6.42. The van der Waals surface area contributed by atoms with E-state index in [0.717, 1.165) is 5.76 Å². The van der Waals surface area contributed by atoms with Crippen LogP contribution in [0.4, 0.5) is 4.39 Å². The molecule has 1 heterocycles. The SMILES string of the molecule is O=S(Cc1ccc(CNC2CC2)o1)c1ccc(F)cc1. The number of halogens is 1. The Morgan fingerprint density at radius 2 is 1.85 bits per heavy atom. The summed E-state index contributed by atoms with van der Waals surface area (Å²) in [6.45, 7) is 0.716. The Labute approximate surface area is 119 Å². The van der Waals surface area contributed by atoms with Gasteiger partial charge in [0.2, 0.25) is 0 Å². The lowest BCUT2D eigenvalue weighted by atomic mass is 10.4. The first-order valence-electron chi connectivity index (χ1n) is 6.65. The molecule has 1 fully saturated rings. The average Bonchev–Trinajstić information content (AvgIpc) is 3.17. The van der Waals surface area contributed by atoms with E-state index in [9.17, 15) is 8.60 Å². The predicted octanol–water partition coefficient (Wildman–Crippen LogP) is 2.98. The van der Waals surface area contributed by atoms with E-state index in [-0.39, 0.29) is 5.82 Å². The van der Waals surface area contributed by atoms with E-state index >= 15 is 0 Å². The number of benzene rings is 1. The molecule has 0 bridgehead atoms. The van der Waals surface area contributed by atoms with Gasteiger partial charge in [-0.3, -0.25) is 4.21 Å². The Morgan fingerprint density at radius 1 is 1.15 bits per heavy atom. The molecular formula is C15H16FNO2S. The minimum Gasteiger partial charge on any atom is -0.464 e. The van der Waals surface area contributed by atoms with Crippen LogP contribution >= 0.6 is 0 Å². The summed E-state index contributed by atoms with van der Waals surface area (Å²) in [7, 11) is -1.21. The third kappa shape index (κ3) is 3.55. The van der Waals surface area contributed by atoms with Crippen molar-refractivity contribution >= 4 is 10.8 Å². The number of furan rings is 1. The normalized spacial score (nSPS) is 16.2.